The molecule has 1 fully saturated rings. The summed E-state index contributed by atoms with van der Waals surface area (Å²) in [6, 6.07) is 6.29. The molecule has 0 heterocycles. The molecule has 0 saturated heterocycles. The molecule has 3 N–H and O–H groups in total. The van der Waals surface area contributed by atoms with Crippen molar-refractivity contribution in [3.8, 4) is 0 Å². The SMILES string of the molecule is Cc1ccc(C(C)(O)C2(CN)CCCCC2)cc1C. The quantitative estimate of drug-likeness (QED) is 0.875. The summed E-state index contributed by atoms with van der Waals surface area (Å²) in [4.78, 5) is 0. The van der Waals surface area contributed by atoms with Crippen LogP contribution in [0.15, 0.2) is 18.2 Å². The Bertz CT molecular complexity index is 445. The summed E-state index contributed by atoms with van der Waals surface area (Å²) in [5.41, 5.74) is 8.60. The Balaban J connectivity index is 2.41. The lowest BCUT2D eigenvalue weighted by Crippen LogP contribution is -2.49. The highest BCUT2D eigenvalue weighted by molar-refractivity contribution is 5.34. The van der Waals surface area contributed by atoms with Gasteiger partial charge in [-0.05, 0) is 50.3 Å². The molecule has 1 aliphatic carbocycles. The predicted molar refractivity (Wildman–Crippen MR) is 80.1 cm³/mol. The summed E-state index contributed by atoms with van der Waals surface area (Å²) in [5.74, 6) is 0. The van der Waals surface area contributed by atoms with Crippen molar-refractivity contribution in [2.75, 3.05) is 6.54 Å². The molecule has 0 spiro atoms. The Morgan fingerprint density at radius 3 is 2.32 bits per heavy atom. The van der Waals surface area contributed by atoms with E-state index in [1.807, 2.05) is 6.92 Å². The van der Waals surface area contributed by atoms with Gasteiger partial charge in [0.25, 0.3) is 0 Å². The van der Waals surface area contributed by atoms with E-state index in [0.717, 1.165) is 18.4 Å². The summed E-state index contributed by atoms with van der Waals surface area (Å²) in [5, 5.41) is 11.2. The standard InChI is InChI=1S/C17H27NO/c1-13-7-8-15(11-14(13)2)16(3,19)17(12-18)9-5-4-6-10-17/h7-8,11,19H,4-6,9-10,12,18H2,1-3H3. The molecule has 106 valence electrons. The lowest BCUT2D eigenvalue weighted by Gasteiger charge is -2.48. The first-order valence-corrected chi connectivity index (χ1v) is 7.43. The Kier molecular flexibility index (Phi) is 4.03. The van der Waals surface area contributed by atoms with E-state index < -0.39 is 5.60 Å². The van der Waals surface area contributed by atoms with E-state index in [9.17, 15) is 5.11 Å². The summed E-state index contributed by atoms with van der Waals surface area (Å²) in [6.45, 7) is 6.72. The molecule has 1 atom stereocenters. The first kappa shape index (κ1) is 14.5. The molecular weight excluding hydrogens is 234 g/mol. The summed E-state index contributed by atoms with van der Waals surface area (Å²) in [6.07, 6.45) is 5.69. The van der Waals surface area contributed by atoms with Gasteiger partial charge in [-0.15, -0.1) is 0 Å². The molecule has 1 aliphatic rings. The predicted octanol–water partition coefficient (Wildman–Crippen LogP) is 3.42. The highest BCUT2D eigenvalue weighted by Crippen LogP contribution is 2.49. The maximum atomic E-state index is 11.2. The van der Waals surface area contributed by atoms with Crippen molar-refractivity contribution in [1.82, 2.24) is 0 Å². The zero-order chi connectivity index (χ0) is 14.1. The fraction of sp³-hybridized carbons (Fsp3) is 0.647. The second-order valence-corrected chi connectivity index (χ2v) is 6.42. The van der Waals surface area contributed by atoms with Gasteiger partial charge in [0.15, 0.2) is 0 Å². The highest BCUT2D eigenvalue weighted by atomic mass is 16.3. The van der Waals surface area contributed by atoms with E-state index in [4.69, 9.17) is 5.73 Å². The Labute approximate surface area is 117 Å². The number of hydrogen-bond acceptors (Lipinski definition) is 2. The van der Waals surface area contributed by atoms with Crippen molar-refractivity contribution in [3.05, 3.63) is 34.9 Å². The van der Waals surface area contributed by atoms with Gasteiger partial charge in [0.05, 0.1) is 5.60 Å². The second kappa shape index (κ2) is 5.26. The van der Waals surface area contributed by atoms with E-state index in [0.29, 0.717) is 6.54 Å². The summed E-state index contributed by atoms with van der Waals surface area (Å²) in [7, 11) is 0. The molecule has 1 saturated carbocycles. The highest BCUT2D eigenvalue weighted by Gasteiger charge is 2.47. The topological polar surface area (TPSA) is 46.2 Å². The molecule has 19 heavy (non-hydrogen) atoms. The third kappa shape index (κ3) is 2.44. The molecule has 0 amide bonds. The molecule has 0 aliphatic heterocycles. The van der Waals surface area contributed by atoms with Crippen LogP contribution in [-0.4, -0.2) is 11.7 Å². The van der Waals surface area contributed by atoms with E-state index in [-0.39, 0.29) is 5.41 Å². The summed E-state index contributed by atoms with van der Waals surface area (Å²) < 4.78 is 0. The Hall–Kier alpha value is -0.860. The molecule has 0 aromatic heterocycles. The van der Waals surface area contributed by atoms with Gasteiger partial charge in [-0.1, -0.05) is 37.5 Å². The minimum atomic E-state index is -0.833. The Morgan fingerprint density at radius 1 is 1.16 bits per heavy atom. The van der Waals surface area contributed by atoms with E-state index in [1.54, 1.807) is 0 Å². The molecule has 0 radical (unpaired) electrons. The van der Waals surface area contributed by atoms with Crippen LogP contribution in [0.4, 0.5) is 0 Å². The van der Waals surface area contributed by atoms with Crippen molar-refractivity contribution in [2.24, 2.45) is 11.1 Å². The van der Waals surface area contributed by atoms with Gasteiger partial charge >= 0.3 is 0 Å². The Morgan fingerprint density at radius 2 is 1.79 bits per heavy atom. The number of rotatable bonds is 3. The van der Waals surface area contributed by atoms with Crippen LogP contribution in [0.1, 0.15) is 55.7 Å². The third-order valence-electron chi connectivity index (χ3n) is 5.30. The lowest BCUT2D eigenvalue weighted by atomic mass is 9.61. The molecule has 1 unspecified atom stereocenters. The maximum Gasteiger partial charge on any atom is 0.0936 e. The second-order valence-electron chi connectivity index (χ2n) is 6.42. The van der Waals surface area contributed by atoms with Gasteiger partial charge in [0.1, 0.15) is 0 Å². The zero-order valence-electron chi connectivity index (χ0n) is 12.5. The largest absolute Gasteiger partial charge is 0.385 e. The van der Waals surface area contributed by atoms with Crippen LogP contribution >= 0.6 is 0 Å². The average Bonchev–Trinajstić information content (AvgIpc) is 2.42. The van der Waals surface area contributed by atoms with Crippen LogP contribution < -0.4 is 5.73 Å². The lowest BCUT2D eigenvalue weighted by molar-refractivity contribution is -0.0919. The first-order valence-electron chi connectivity index (χ1n) is 7.43. The van der Waals surface area contributed by atoms with Crippen LogP contribution in [0.3, 0.4) is 0 Å². The summed E-state index contributed by atoms with van der Waals surface area (Å²) >= 11 is 0. The third-order valence-corrected chi connectivity index (χ3v) is 5.30. The average molecular weight is 261 g/mol. The van der Waals surface area contributed by atoms with Crippen molar-refractivity contribution in [2.45, 2.75) is 58.5 Å². The monoisotopic (exact) mass is 261 g/mol. The fourth-order valence-corrected chi connectivity index (χ4v) is 3.47. The molecule has 1 aromatic carbocycles. The van der Waals surface area contributed by atoms with Crippen LogP contribution in [0.25, 0.3) is 0 Å². The van der Waals surface area contributed by atoms with Gasteiger partial charge in [-0.3, -0.25) is 0 Å². The van der Waals surface area contributed by atoms with Crippen LogP contribution in [0.2, 0.25) is 0 Å². The molecule has 2 nitrogen and oxygen atoms in total. The van der Waals surface area contributed by atoms with E-state index >= 15 is 0 Å². The van der Waals surface area contributed by atoms with Crippen molar-refractivity contribution >= 4 is 0 Å². The van der Waals surface area contributed by atoms with Gasteiger partial charge in [0.2, 0.25) is 0 Å². The molecule has 1 aromatic rings. The molecule has 2 rings (SSSR count). The van der Waals surface area contributed by atoms with Crippen LogP contribution in [-0.2, 0) is 5.60 Å². The number of aryl methyl sites for hydroxylation is 2. The van der Waals surface area contributed by atoms with Crippen molar-refractivity contribution < 1.29 is 5.11 Å². The van der Waals surface area contributed by atoms with Crippen molar-refractivity contribution in [3.63, 3.8) is 0 Å². The van der Waals surface area contributed by atoms with E-state index in [2.05, 4.69) is 32.0 Å². The molecule has 0 bridgehead atoms. The number of nitrogens with two attached hydrogens (primary N) is 1. The van der Waals surface area contributed by atoms with Gasteiger partial charge in [-0.25, -0.2) is 0 Å². The van der Waals surface area contributed by atoms with Gasteiger partial charge in [0, 0.05) is 12.0 Å². The number of aliphatic hydroxyl groups is 1. The molecular formula is C17H27NO. The number of hydrogen-bond donors (Lipinski definition) is 2. The van der Waals surface area contributed by atoms with E-state index in [1.165, 1.54) is 30.4 Å². The smallest absolute Gasteiger partial charge is 0.0936 e. The normalized spacial score (nSPS) is 21.9. The molecule has 2 heteroatoms. The van der Waals surface area contributed by atoms with Gasteiger partial charge < -0.3 is 10.8 Å². The zero-order valence-corrected chi connectivity index (χ0v) is 12.5. The van der Waals surface area contributed by atoms with Crippen LogP contribution in [0, 0.1) is 19.3 Å². The fourth-order valence-electron chi connectivity index (χ4n) is 3.47. The maximum absolute atomic E-state index is 11.2. The minimum absolute atomic E-state index is 0.160. The van der Waals surface area contributed by atoms with Crippen LogP contribution in [0.5, 0.6) is 0 Å². The van der Waals surface area contributed by atoms with Gasteiger partial charge in [-0.2, -0.15) is 0 Å². The van der Waals surface area contributed by atoms with Crippen molar-refractivity contribution in [1.29, 1.82) is 0 Å². The number of benzene rings is 1. The minimum Gasteiger partial charge on any atom is -0.385 e. The first-order chi connectivity index (χ1) is 8.93.